The van der Waals surface area contributed by atoms with Gasteiger partial charge < -0.3 is 44.9 Å². The van der Waals surface area contributed by atoms with Crippen molar-refractivity contribution in [3.63, 3.8) is 0 Å². The number of ether oxygens (including phenoxy) is 5. The molecule has 19 rings (SSSR count). The van der Waals surface area contributed by atoms with Crippen molar-refractivity contribution in [2.75, 3.05) is 40.4 Å². The predicted octanol–water partition coefficient (Wildman–Crippen LogP) is 18.4. The minimum atomic E-state index is -4.04. The van der Waals surface area contributed by atoms with Crippen molar-refractivity contribution < 1.29 is 91.9 Å². The lowest BCUT2D eigenvalue weighted by Gasteiger charge is -2.24. The summed E-state index contributed by atoms with van der Waals surface area (Å²) in [7, 11) is -1.31. The molecular weight excluding hydrogens is 2060 g/mol. The molecule has 44 heteroatoms. The summed E-state index contributed by atoms with van der Waals surface area (Å²) in [5, 5.41) is 59.7. The van der Waals surface area contributed by atoms with Gasteiger partial charge >= 0.3 is 17.9 Å². The fourth-order valence-corrected chi connectivity index (χ4v) is 24.9. The molecule has 4 aliphatic heterocycles. The second-order valence-corrected chi connectivity index (χ2v) is 44.3. The van der Waals surface area contributed by atoms with Gasteiger partial charge in [0.1, 0.15) is 101 Å². The van der Waals surface area contributed by atoms with Crippen LogP contribution in [0.4, 0.5) is 22.0 Å². The van der Waals surface area contributed by atoms with Crippen LogP contribution in [0.5, 0.6) is 28.7 Å². The Balaban J connectivity index is 0.000000163. The largest absolute Gasteiger partial charge is 0.494 e. The van der Waals surface area contributed by atoms with Gasteiger partial charge in [-0.05, 0) is 241 Å². The molecule has 15 aromatic rings. The van der Waals surface area contributed by atoms with Crippen molar-refractivity contribution in [1.29, 1.82) is 0 Å². The van der Waals surface area contributed by atoms with Gasteiger partial charge in [0.05, 0.1) is 64.4 Å². The van der Waals surface area contributed by atoms with Gasteiger partial charge in [-0.15, -0.1) is 53.3 Å². The van der Waals surface area contributed by atoms with Crippen molar-refractivity contribution in [2.24, 2.45) is 29.8 Å². The second-order valence-electron chi connectivity index (χ2n) is 37.2. The van der Waals surface area contributed by atoms with E-state index in [0.717, 1.165) is 105 Å². The Kier molecular flexibility index (Phi) is 31.6. The zero-order chi connectivity index (χ0) is 107. The third-order valence-corrected chi connectivity index (χ3v) is 33.5. The van der Waals surface area contributed by atoms with Crippen LogP contribution in [-0.2, 0) is 79.3 Å². The van der Waals surface area contributed by atoms with E-state index in [-0.39, 0.29) is 78.8 Å². The number of aryl methyl sites for hydroxylation is 10. The number of carboxylic acid groups (broad SMARTS) is 2. The van der Waals surface area contributed by atoms with Gasteiger partial charge in [0.2, 0.25) is 60.8 Å². The van der Waals surface area contributed by atoms with Gasteiger partial charge in [-0.3, -0.25) is 38.3 Å². The lowest BCUT2D eigenvalue weighted by Crippen LogP contribution is -2.35. The van der Waals surface area contributed by atoms with Crippen molar-refractivity contribution in [2.45, 2.75) is 180 Å². The van der Waals surface area contributed by atoms with Gasteiger partial charge in [-0.25, -0.2) is 39.4 Å². The lowest BCUT2D eigenvalue weighted by atomic mass is 9.86. The first-order valence-electron chi connectivity index (χ1n) is 47.9. The number of nitrogens with one attached hydrogen (secondary N) is 1. The average Bonchev–Trinajstić information content (AvgIpc) is 1.59. The van der Waals surface area contributed by atoms with Crippen LogP contribution < -0.4 is 34.7 Å². The molecule has 0 fully saturated rings. The summed E-state index contributed by atoms with van der Waals surface area (Å²) < 4.78 is 164. The van der Waals surface area contributed by atoms with Crippen LogP contribution in [0.15, 0.2) is 165 Å². The normalized spacial score (nSPS) is 16.4. The van der Waals surface area contributed by atoms with Crippen molar-refractivity contribution in [3.05, 3.63) is 307 Å². The first kappa shape index (κ1) is 107. The standard InChI is InChI=1S/C50H52ClN9O7S2.C31H37N5O6S.C25H16ClF5N4O2S/c1-27-10-12-34(38(23-45(62)63)35-21-39-48(42(22-35)66-7)58(6)57-55-39)20-36(27)26-59-25-28(2)67-41-19-32(11-17-43(41)69(59,64)65)9-8-18-52-44(61)24-40-49-56-54-31(5)60(49)50-46(29(3)30(4)68-50)47(53-40)33-13-15-37(51)16-14-33;1-19-7-9-22(25(16-30(37)38)23-14-26-31(28(15-23)41-4)35(3)34-33-26)13-24(19)18-36-17-20(2)42-27-12-21(6-5-11-32)8-10-29(27)43(36,39)40;1-9-10(2)38-25-16(9)22(12-4-6-13(26)7-5-12)32-14(24-34-33-11(3)35(24)25)8-15(36)37-23-20(30)18(28)17(27)19(29)21(23)31/h10-17,19-22,28,38,40H,8-9,18,23-26H2,1-7H3,(H,52,61)(H,62,63);7-10,12-15,20,25H,5-6,11,16-18,32H2,1-4H3,(H,37,38);4-7,14H,8H2,1-3H3/t28-,38+,40-;20-,25+;14-/m111/s1. The Labute approximate surface area is 878 Å². The third-order valence-electron chi connectivity index (χ3n) is 26.9. The molecular formula is C106H105Cl2F5N18O15S4. The Hall–Kier alpha value is -14.1. The maximum absolute atomic E-state index is 14.4. The second kappa shape index (κ2) is 44.2. The highest BCUT2D eigenvalue weighted by Crippen LogP contribution is 2.47. The Morgan fingerprint density at radius 1 is 0.520 bits per heavy atom. The fraction of sp³-hybridized carbons (Fsp3) is 0.321. The van der Waals surface area contributed by atoms with Gasteiger partial charge in [0, 0.05) is 87.6 Å². The van der Waals surface area contributed by atoms with E-state index in [1.165, 1.54) is 19.9 Å². The zero-order valence-corrected chi connectivity index (χ0v) is 88.7. The van der Waals surface area contributed by atoms with E-state index < -0.39 is 109 Å². The number of nitrogens with two attached hydrogens (primary N) is 1. The predicted molar refractivity (Wildman–Crippen MR) is 555 cm³/mol. The summed E-state index contributed by atoms with van der Waals surface area (Å²) in [6.45, 7) is 20.5. The molecule has 6 atom stereocenters. The molecule has 4 aliphatic rings. The smallest absolute Gasteiger partial charge is 0.314 e. The van der Waals surface area contributed by atoms with Crippen molar-refractivity contribution >= 4 is 123 Å². The molecule has 0 saturated heterocycles. The zero-order valence-electron chi connectivity index (χ0n) is 83.9. The number of fused-ring (bicyclic) bond motifs is 10. The molecule has 150 heavy (non-hydrogen) atoms. The Bertz CT molecular complexity index is 8130. The number of methoxy groups -OCH3 is 2. The summed E-state index contributed by atoms with van der Waals surface area (Å²) in [6, 6.07) is 41.8. The van der Waals surface area contributed by atoms with E-state index in [1.54, 1.807) is 115 Å². The number of nitrogens with zero attached hydrogens (tertiary/aromatic N) is 16. The molecule has 33 nitrogen and oxygen atoms in total. The highest BCUT2D eigenvalue weighted by molar-refractivity contribution is 7.89. The highest BCUT2D eigenvalue weighted by atomic mass is 35.5. The van der Waals surface area contributed by atoms with Gasteiger partial charge in [-0.2, -0.15) is 17.4 Å². The van der Waals surface area contributed by atoms with Gasteiger partial charge in [-0.1, -0.05) is 106 Å². The van der Waals surface area contributed by atoms with E-state index in [4.69, 9.17) is 57.9 Å². The summed E-state index contributed by atoms with van der Waals surface area (Å²) in [5.41, 5.74) is 22.8. The van der Waals surface area contributed by atoms with Crippen molar-refractivity contribution in [3.8, 4) is 38.7 Å². The monoisotopic (exact) mass is 2160 g/mol. The number of halogens is 7. The lowest BCUT2D eigenvalue weighted by molar-refractivity contribution is -0.138. The third kappa shape index (κ3) is 21.9. The van der Waals surface area contributed by atoms with E-state index in [1.807, 2.05) is 144 Å². The molecule has 5 N–H and O–H groups in total. The quantitative estimate of drug-likeness (QED) is 0.00883. The number of hydrogen-bond acceptors (Lipinski definition) is 26. The minimum absolute atomic E-state index is 0.0453. The number of aliphatic carboxylic acids is 2. The van der Waals surface area contributed by atoms with Crippen LogP contribution in [-0.4, -0.2) is 183 Å². The van der Waals surface area contributed by atoms with Gasteiger partial charge in [0.25, 0.3) is 0 Å². The molecule has 9 aromatic carbocycles. The number of thiophene rings is 2. The molecule has 782 valence electrons. The SMILES string of the molecule is COc1cc([C@@H](CC(=O)O)c2ccc(C)c(CN3C[C@@H](C)Oc4cc(CCCN)ccc4S3(=O)=O)c2)cc2nnn(C)c12.COc1cc([C@@H](CC(=O)O)c2ccc(C)c(CN3C[C@@H](C)Oc4cc(CCCNC(=O)C[C@H]5N=C(c6ccc(Cl)cc6)c6c(sc(C)c6C)-n6c(C)nnc65)ccc4S3(=O)=O)c2)cc2nnn(C)c12.Cc1sc2c(c1C)C(c1ccc(Cl)cc1)=N[C@H](CC(=O)Oc1c(F)c(F)c(F)c(F)c1F)c1nnc(C)n1-2. The summed E-state index contributed by atoms with van der Waals surface area (Å²) in [5.74, 6) is -13.8. The number of aromatic nitrogens is 12. The van der Waals surface area contributed by atoms with E-state index in [9.17, 15) is 68.2 Å². The Morgan fingerprint density at radius 3 is 1.35 bits per heavy atom. The fourth-order valence-electron chi connectivity index (χ4n) is 19.0. The summed E-state index contributed by atoms with van der Waals surface area (Å²) >= 11 is 15.5. The first-order chi connectivity index (χ1) is 71.5. The van der Waals surface area contributed by atoms with Crippen LogP contribution in [0.3, 0.4) is 0 Å². The van der Waals surface area contributed by atoms with Crippen LogP contribution in [0, 0.1) is 84.5 Å². The average molecular weight is 2170 g/mol. The summed E-state index contributed by atoms with van der Waals surface area (Å²) in [6.07, 6.45) is 0.856. The molecule has 0 saturated carbocycles. The number of esters is 1. The number of carbonyl (C=O) groups is 4. The number of aliphatic imine (C=N–C) groups is 2. The van der Waals surface area contributed by atoms with E-state index in [0.29, 0.717) is 121 Å². The minimum Gasteiger partial charge on any atom is -0.494 e. The maximum atomic E-state index is 14.4. The van der Waals surface area contributed by atoms with E-state index in [2.05, 4.69) is 64.9 Å². The molecule has 10 heterocycles. The van der Waals surface area contributed by atoms with E-state index >= 15 is 0 Å². The number of sulfonamides is 2. The molecule has 0 aliphatic carbocycles. The first-order valence-corrected chi connectivity index (χ1v) is 53.2. The summed E-state index contributed by atoms with van der Waals surface area (Å²) in [4.78, 5) is 63.1. The number of amides is 1. The molecule has 0 unspecified atom stereocenters. The number of benzene rings is 9. The number of carboxylic acids is 2. The molecule has 6 aromatic heterocycles. The van der Waals surface area contributed by atoms with Crippen molar-refractivity contribution in [1.82, 2.24) is 73.4 Å². The Morgan fingerprint density at radius 2 is 0.933 bits per heavy atom. The van der Waals surface area contributed by atoms with Crippen LogP contribution in [0.25, 0.3) is 32.1 Å². The maximum Gasteiger partial charge on any atom is 0.314 e. The van der Waals surface area contributed by atoms with Crippen LogP contribution in [0.1, 0.15) is 198 Å². The number of rotatable bonds is 28. The van der Waals surface area contributed by atoms with Crippen LogP contribution >= 0.6 is 45.9 Å². The van der Waals surface area contributed by atoms with Crippen LogP contribution in [0.2, 0.25) is 10.0 Å². The number of hydrogen-bond donors (Lipinski definition) is 4. The molecule has 1 amide bonds. The highest BCUT2D eigenvalue weighted by Gasteiger charge is 2.41. The topological polar surface area (TPSA) is 415 Å². The van der Waals surface area contributed by atoms with Gasteiger partial charge in [0.15, 0.2) is 11.6 Å². The molecule has 0 radical (unpaired) electrons. The number of carbonyl (C=O) groups excluding carboxylic acids is 2. The molecule has 0 spiro atoms. The molecule has 0 bridgehead atoms.